The van der Waals surface area contributed by atoms with Gasteiger partial charge in [-0.15, -0.1) is 0 Å². The standard InChI is InChI=1S/C12H16N4O/c1-3-10-5-11(4-2)16(15-10)12-9(7-17)6-13-8-14-12/h5-6,8,17H,3-4,7H2,1-2H3. The predicted molar refractivity (Wildman–Crippen MR) is 63.8 cm³/mol. The fourth-order valence-corrected chi connectivity index (χ4v) is 1.74. The minimum absolute atomic E-state index is 0.0827. The Kier molecular flexibility index (Phi) is 3.49. The van der Waals surface area contributed by atoms with E-state index in [2.05, 4.69) is 35.0 Å². The number of aryl methyl sites for hydroxylation is 2. The quantitative estimate of drug-likeness (QED) is 0.862. The lowest BCUT2D eigenvalue weighted by Crippen LogP contribution is -2.08. The van der Waals surface area contributed by atoms with Crippen LogP contribution in [-0.4, -0.2) is 24.9 Å². The number of hydrogen-bond acceptors (Lipinski definition) is 4. The zero-order valence-electron chi connectivity index (χ0n) is 10.1. The third-order valence-electron chi connectivity index (χ3n) is 2.69. The first kappa shape index (κ1) is 11.7. The summed E-state index contributed by atoms with van der Waals surface area (Å²) in [4.78, 5) is 8.12. The van der Waals surface area contributed by atoms with Gasteiger partial charge in [-0.25, -0.2) is 14.6 Å². The van der Waals surface area contributed by atoms with Crippen molar-refractivity contribution < 1.29 is 5.11 Å². The molecule has 0 aromatic carbocycles. The van der Waals surface area contributed by atoms with E-state index in [0.717, 1.165) is 24.2 Å². The first-order valence-electron chi connectivity index (χ1n) is 5.78. The van der Waals surface area contributed by atoms with Crippen LogP contribution in [0.5, 0.6) is 0 Å². The molecule has 0 atom stereocenters. The summed E-state index contributed by atoms with van der Waals surface area (Å²) in [5.41, 5.74) is 2.81. The maximum atomic E-state index is 9.29. The highest BCUT2D eigenvalue weighted by Gasteiger charge is 2.11. The molecular weight excluding hydrogens is 216 g/mol. The average Bonchev–Trinajstić information content (AvgIpc) is 2.81. The number of aromatic nitrogens is 4. The number of aliphatic hydroxyl groups is 1. The van der Waals surface area contributed by atoms with Gasteiger partial charge in [0.1, 0.15) is 6.33 Å². The van der Waals surface area contributed by atoms with Gasteiger partial charge in [0.15, 0.2) is 5.82 Å². The van der Waals surface area contributed by atoms with Gasteiger partial charge in [-0.2, -0.15) is 5.10 Å². The first-order chi connectivity index (χ1) is 8.30. The topological polar surface area (TPSA) is 63.8 Å². The lowest BCUT2D eigenvalue weighted by Gasteiger charge is -2.07. The molecule has 2 aromatic heterocycles. The molecule has 2 aromatic rings. The number of aliphatic hydroxyl groups excluding tert-OH is 1. The summed E-state index contributed by atoms with van der Waals surface area (Å²) in [6.07, 6.45) is 4.86. The zero-order chi connectivity index (χ0) is 12.3. The molecule has 5 heteroatoms. The van der Waals surface area contributed by atoms with Gasteiger partial charge in [0, 0.05) is 17.5 Å². The van der Waals surface area contributed by atoms with Crippen molar-refractivity contribution in [3.05, 3.63) is 35.5 Å². The van der Waals surface area contributed by atoms with E-state index in [-0.39, 0.29) is 6.61 Å². The SMILES string of the molecule is CCc1cc(CC)n(-c2ncncc2CO)n1. The largest absolute Gasteiger partial charge is 0.391 e. The Labute approximate surface area is 100 Å². The molecule has 0 fully saturated rings. The molecule has 0 saturated heterocycles. The second-order valence-electron chi connectivity index (χ2n) is 3.78. The summed E-state index contributed by atoms with van der Waals surface area (Å²) in [5, 5.41) is 13.8. The minimum atomic E-state index is -0.0827. The van der Waals surface area contributed by atoms with E-state index in [4.69, 9.17) is 0 Å². The van der Waals surface area contributed by atoms with E-state index in [1.54, 1.807) is 10.9 Å². The molecule has 90 valence electrons. The van der Waals surface area contributed by atoms with Gasteiger partial charge in [-0.1, -0.05) is 13.8 Å². The van der Waals surface area contributed by atoms with Crippen LogP contribution < -0.4 is 0 Å². The number of rotatable bonds is 4. The average molecular weight is 232 g/mol. The maximum absolute atomic E-state index is 9.29. The smallest absolute Gasteiger partial charge is 0.162 e. The van der Waals surface area contributed by atoms with Gasteiger partial charge in [-0.05, 0) is 18.9 Å². The van der Waals surface area contributed by atoms with Crippen molar-refractivity contribution in [3.8, 4) is 5.82 Å². The first-order valence-corrected chi connectivity index (χ1v) is 5.78. The van der Waals surface area contributed by atoms with Crippen LogP contribution in [0.25, 0.3) is 5.82 Å². The Balaban J connectivity index is 2.54. The van der Waals surface area contributed by atoms with Gasteiger partial charge in [0.05, 0.1) is 12.3 Å². The zero-order valence-corrected chi connectivity index (χ0v) is 10.1. The molecule has 0 aliphatic rings. The molecular formula is C12H16N4O. The number of hydrogen-bond donors (Lipinski definition) is 1. The van der Waals surface area contributed by atoms with E-state index in [1.807, 2.05) is 0 Å². The fraction of sp³-hybridized carbons (Fsp3) is 0.417. The van der Waals surface area contributed by atoms with Crippen molar-refractivity contribution in [1.29, 1.82) is 0 Å². The van der Waals surface area contributed by atoms with E-state index in [1.165, 1.54) is 6.33 Å². The molecule has 5 nitrogen and oxygen atoms in total. The second kappa shape index (κ2) is 5.05. The van der Waals surface area contributed by atoms with E-state index < -0.39 is 0 Å². The minimum Gasteiger partial charge on any atom is -0.391 e. The summed E-state index contributed by atoms with van der Waals surface area (Å²) < 4.78 is 1.80. The van der Waals surface area contributed by atoms with Crippen LogP contribution in [0.15, 0.2) is 18.6 Å². The van der Waals surface area contributed by atoms with Crippen LogP contribution in [-0.2, 0) is 19.4 Å². The molecule has 0 aliphatic heterocycles. The van der Waals surface area contributed by atoms with Crippen LogP contribution in [0.3, 0.4) is 0 Å². The lowest BCUT2D eigenvalue weighted by atomic mass is 10.2. The highest BCUT2D eigenvalue weighted by molar-refractivity contribution is 5.33. The van der Waals surface area contributed by atoms with Crippen molar-refractivity contribution >= 4 is 0 Å². The van der Waals surface area contributed by atoms with Gasteiger partial charge in [0.25, 0.3) is 0 Å². The molecule has 0 unspecified atom stereocenters. The molecule has 1 N–H and O–H groups in total. The molecule has 0 radical (unpaired) electrons. The molecule has 0 amide bonds. The molecule has 0 saturated carbocycles. The maximum Gasteiger partial charge on any atom is 0.162 e. The Morgan fingerprint density at radius 3 is 2.76 bits per heavy atom. The van der Waals surface area contributed by atoms with Crippen LogP contribution in [0.1, 0.15) is 30.8 Å². The van der Waals surface area contributed by atoms with E-state index in [9.17, 15) is 5.11 Å². The number of nitrogens with zero attached hydrogens (tertiary/aromatic N) is 4. The summed E-state index contributed by atoms with van der Waals surface area (Å²) in [6.45, 7) is 4.06. The summed E-state index contributed by atoms with van der Waals surface area (Å²) >= 11 is 0. The summed E-state index contributed by atoms with van der Waals surface area (Å²) in [6, 6.07) is 2.07. The van der Waals surface area contributed by atoms with Crippen molar-refractivity contribution in [2.24, 2.45) is 0 Å². The molecule has 17 heavy (non-hydrogen) atoms. The molecule has 2 heterocycles. The van der Waals surface area contributed by atoms with Gasteiger partial charge < -0.3 is 5.11 Å². The predicted octanol–water partition coefficient (Wildman–Crippen LogP) is 1.28. The van der Waals surface area contributed by atoms with Crippen LogP contribution in [0.4, 0.5) is 0 Å². The molecule has 0 aliphatic carbocycles. The van der Waals surface area contributed by atoms with Gasteiger partial charge in [0.2, 0.25) is 0 Å². The Hall–Kier alpha value is -1.75. The van der Waals surface area contributed by atoms with Crippen molar-refractivity contribution in [2.45, 2.75) is 33.3 Å². The molecule has 2 rings (SSSR count). The third-order valence-corrected chi connectivity index (χ3v) is 2.69. The van der Waals surface area contributed by atoms with Crippen LogP contribution in [0.2, 0.25) is 0 Å². The second-order valence-corrected chi connectivity index (χ2v) is 3.78. The van der Waals surface area contributed by atoms with Crippen LogP contribution in [0, 0.1) is 0 Å². The Morgan fingerprint density at radius 2 is 2.12 bits per heavy atom. The summed E-state index contributed by atoms with van der Waals surface area (Å²) in [7, 11) is 0. The summed E-state index contributed by atoms with van der Waals surface area (Å²) in [5.74, 6) is 0.666. The van der Waals surface area contributed by atoms with Gasteiger partial charge >= 0.3 is 0 Å². The Bertz CT molecular complexity index is 507. The highest BCUT2D eigenvalue weighted by Crippen LogP contribution is 2.15. The third kappa shape index (κ3) is 2.19. The lowest BCUT2D eigenvalue weighted by molar-refractivity contribution is 0.280. The molecule has 0 bridgehead atoms. The Morgan fingerprint density at radius 1 is 1.29 bits per heavy atom. The van der Waals surface area contributed by atoms with E-state index >= 15 is 0 Å². The molecule has 0 spiro atoms. The fourth-order valence-electron chi connectivity index (χ4n) is 1.74. The van der Waals surface area contributed by atoms with E-state index in [0.29, 0.717) is 11.4 Å². The monoisotopic (exact) mass is 232 g/mol. The van der Waals surface area contributed by atoms with Crippen molar-refractivity contribution in [2.75, 3.05) is 0 Å². The highest BCUT2D eigenvalue weighted by atomic mass is 16.3. The van der Waals surface area contributed by atoms with Crippen molar-refractivity contribution in [1.82, 2.24) is 19.7 Å². The van der Waals surface area contributed by atoms with Crippen LogP contribution >= 0.6 is 0 Å². The van der Waals surface area contributed by atoms with Gasteiger partial charge in [-0.3, -0.25) is 0 Å². The normalized spacial score (nSPS) is 10.8. The van der Waals surface area contributed by atoms with Crippen molar-refractivity contribution in [3.63, 3.8) is 0 Å².